The molecular weight excluding hydrogens is 240 g/mol. The molecule has 0 saturated heterocycles. The molecule has 0 unspecified atom stereocenters. The van der Waals surface area contributed by atoms with Gasteiger partial charge in [0, 0.05) is 30.8 Å². The van der Waals surface area contributed by atoms with Gasteiger partial charge in [-0.1, -0.05) is 11.8 Å². The fourth-order valence-corrected chi connectivity index (χ4v) is 1.92. The third-order valence-electron chi connectivity index (χ3n) is 3.04. The summed E-state index contributed by atoms with van der Waals surface area (Å²) in [5.41, 5.74) is 1.24. The monoisotopic (exact) mass is 258 g/mol. The van der Waals surface area contributed by atoms with Gasteiger partial charge in [0.1, 0.15) is 5.69 Å². The van der Waals surface area contributed by atoms with Crippen LogP contribution in [0.3, 0.4) is 0 Å². The third-order valence-corrected chi connectivity index (χ3v) is 3.04. The van der Waals surface area contributed by atoms with Crippen molar-refractivity contribution in [1.29, 1.82) is 0 Å². The summed E-state index contributed by atoms with van der Waals surface area (Å²) in [7, 11) is 0. The topological polar surface area (TPSA) is 53.4 Å². The molecule has 1 heterocycles. The molecule has 4 nitrogen and oxygen atoms in total. The zero-order chi connectivity index (χ0) is 13.7. The molecule has 1 aromatic rings. The van der Waals surface area contributed by atoms with E-state index in [0.29, 0.717) is 18.2 Å². The van der Waals surface area contributed by atoms with Gasteiger partial charge in [-0.05, 0) is 31.9 Å². The molecule has 4 heteroatoms. The van der Waals surface area contributed by atoms with E-state index in [1.165, 1.54) is 0 Å². The molecule has 1 aliphatic carbocycles. The van der Waals surface area contributed by atoms with Gasteiger partial charge in [0.05, 0.1) is 6.61 Å². The summed E-state index contributed by atoms with van der Waals surface area (Å²) in [5.74, 6) is 5.72. The maximum Gasteiger partial charge on any atom is 0.272 e. The zero-order valence-electron chi connectivity index (χ0n) is 11.1. The van der Waals surface area contributed by atoms with Gasteiger partial charge >= 0.3 is 0 Å². The molecule has 19 heavy (non-hydrogen) atoms. The van der Waals surface area contributed by atoms with E-state index < -0.39 is 0 Å². The predicted molar refractivity (Wildman–Crippen MR) is 72.6 cm³/mol. The summed E-state index contributed by atoms with van der Waals surface area (Å²) in [5, 5.41) is 8.64. The smallest absolute Gasteiger partial charge is 0.272 e. The number of aliphatic hydroxyl groups excluding tert-OH is 1. The first-order chi connectivity index (χ1) is 9.26. The lowest BCUT2D eigenvalue weighted by Crippen LogP contribution is -2.33. The molecule has 0 spiro atoms. The van der Waals surface area contributed by atoms with Crippen molar-refractivity contribution >= 4 is 5.91 Å². The van der Waals surface area contributed by atoms with Gasteiger partial charge in [-0.25, -0.2) is 4.98 Å². The second-order valence-corrected chi connectivity index (χ2v) is 4.53. The summed E-state index contributed by atoms with van der Waals surface area (Å²) in [4.78, 5) is 18.3. The van der Waals surface area contributed by atoms with Gasteiger partial charge in [-0.2, -0.15) is 0 Å². The van der Waals surface area contributed by atoms with Crippen LogP contribution in [0.25, 0.3) is 0 Å². The standard InChI is InChI=1S/C15H18N2O2/c1-2-17(13-7-8-13)15(19)14-9-6-12(11-16-14)5-3-4-10-18/h6,9,11,13,18H,2,4,7-8,10H2,1H3. The number of amides is 1. The molecule has 0 radical (unpaired) electrons. The van der Waals surface area contributed by atoms with Gasteiger partial charge in [0.2, 0.25) is 0 Å². The van der Waals surface area contributed by atoms with Gasteiger partial charge in [-0.3, -0.25) is 4.79 Å². The lowest BCUT2D eigenvalue weighted by molar-refractivity contribution is 0.0746. The first-order valence-electron chi connectivity index (χ1n) is 6.63. The lowest BCUT2D eigenvalue weighted by Gasteiger charge is -2.19. The Hall–Kier alpha value is -1.86. The largest absolute Gasteiger partial charge is 0.395 e. The fraction of sp³-hybridized carbons (Fsp3) is 0.467. The molecule has 1 amide bonds. The number of carbonyl (C=O) groups is 1. The van der Waals surface area contributed by atoms with E-state index in [1.807, 2.05) is 11.8 Å². The number of rotatable bonds is 4. The Morgan fingerprint density at radius 2 is 2.32 bits per heavy atom. The normalized spacial score (nSPS) is 13.6. The molecule has 100 valence electrons. The maximum atomic E-state index is 12.2. The van der Waals surface area contributed by atoms with E-state index in [1.54, 1.807) is 18.3 Å². The quantitative estimate of drug-likeness (QED) is 0.831. The number of carbonyl (C=O) groups excluding carboxylic acids is 1. The molecule has 1 aromatic heterocycles. The van der Waals surface area contributed by atoms with E-state index in [9.17, 15) is 4.79 Å². The molecule has 0 aromatic carbocycles. The Labute approximate surface area is 113 Å². The number of hydrogen-bond donors (Lipinski definition) is 1. The summed E-state index contributed by atoms with van der Waals surface area (Å²) < 4.78 is 0. The minimum atomic E-state index is -0.000123. The summed E-state index contributed by atoms with van der Waals surface area (Å²) in [6, 6.07) is 3.92. The van der Waals surface area contributed by atoms with E-state index in [-0.39, 0.29) is 12.5 Å². The minimum Gasteiger partial charge on any atom is -0.395 e. The van der Waals surface area contributed by atoms with Crippen molar-refractivity contribution in [2.45, 2.75) is 32.2 Å². The predicted octanol–water partition coefficient (Wildman–Crippen LogP) is 1.44. The van der Waals surface area contributed by atoms with Crippen molar-refractivity contribution in [2.24, 2.45) is 0 Å². The number of nitrogens with zero attached hydrogens (tertiary/aromatic N) is 2. The number of pyridine rings is 1. The highest BCUT2D eigenvalue weighted by Gasteiger charge is 2.32. The molecule has 0 aliphatic heterocycles. The molecule has 1 aliphatic rings. The molecule has 1 saturated carbocycles. The summed E-state index contributed by atoms with van der Waals surface area (Å²) in [6.45, 7) is 2.78. The van der Waals surface area contributed by atoms with E-state index in [4.69, 9.17) is 5.11 Å². The Balaban J connectivity index is 2.05. The van der Waals surface area contributed by atoms with E-state index in [2.05, 4.69) is 16.8 Å². The highest BCUT2D eigenvalue weighted by molar-refractivity contribution is 5.92. The molecule has 1 fully saturated rings. The lowest BCUT2D eigenvalue weighted by atomic mass is 10.2. The van der Waals surface area contributed by atoms with Crippen LogP contribution in [0.4, 0.5) is 0 Å². The van der Waals surface area contributed by atoms with Gasteiger partial charge in [0.15, 0.2) is 0 Å². The average molecular weight is 258 g/mol. The number of hydrogen-bond acceptors (Lipinski definition) is 3. The first-order valence-corrected chi connectivity index (χ1v) is 6.63. The van der Waals surface area contributed by atoms with Crippen LogP contribution in [-0.4, -0.2) is 40.1 Å². The second-order valence-electron chi connectivity index (χ2n) is 4.53. The van der Waals surface area contributed by atoms with Crippen molar-refractivity contribution < 1.29 is 9.90 Å². The molecule has 2 rings (SSSR count). The Bertz CT molecular complexity index is 495. The van der Waals surface area contributed by atoms with Crippen LogP contribution in [0.2, 0.25) is 0 Å². The summed E-state index contributed by atoms with van der Waals surface area (Å²) >= 11 is 0. The van der Waals surface area contributed by atoms with Crippen LogP contribution in [0, 0.1) is 11.8 Å². The van der Waals surface area contributed by atoms with Crippen LogP contribution >= 0.6 is 0 Å². The average Bonchev–Trinajstić information content (AvgIpc) is 3.25. The SMILES string of the molecule is CCN(C(=O)c1ccc(C#CCCO)cn1)C1CC1. The van der Waals surface area contributed by atoms with Gasteiger partial charge in [0.25, 0.3) is 5.91 Å². The van der Waals surface area contributed by atoms with Crippen molar-refractivity contribution in [1.82, 2.24) is 9.88 Å². The second kappa shape index (κ2) is 6.35. The van der Waals surface area contributed by atoms with Gasteiger partial charge < -0.3 is 10.0 Å². The number of aliphatic hydroxyl groups is 1. The summed E-state index contributed by atoms with van der Waals surface area (Å²) in [6.07, 6.45) is 4.26. The molecular formula is C15H18N2O2. The van der Waals surface area contributed by atoms with Crippen LogP contribution in [-0.2, 0) is 0 Å². The van der Waals surface area contributed by atoms with Crippen LogP contribution in [0.15, 0.2) is 18.3 Å². The highest BCUT2D eigenvalue weighted by atomic mass is 16.2. The molecule has 0 bridgehead atoms. The van der Waals surface area contributed by atoms with Crippen molar-refractivity contribution in [3.8, 4) is 11.8 Å². The van der Waals surface area contributed by atoms with Crippen molar-refractivity contribution in [3.05, 3.63) is 29.6 Å². The third kappa shape index (κ3) is 3.55. The van der Waals surface area contributed by atoms with Gasteiger partial charge in [-0.15, -0.1) is 0 Å². The Morgan fingerprint density at radius 1 is 1.53 bits per heavy atom. The maximum absolute atomic E-state index is 12.2. The Kier molecular flexibility index (Phi) is 4.53. The van der Waals surface area contributed by atoms with Crippen LogP contribution in [0.5, 0.6) is 0 Å². The fourth-order valence-electron chi connectivity index (χ4n) is 1.92. The van der Waals surface area contributed by atoms with Crippen LogP contribution < -0.4 is 0 Å². The van der Waals surface area contributed by atoms with E-state index in [0.717, 1.165) is 24.9 Å². The highest BCUT2D eigenvalue weighted by Crippen LogP contribution is 2.27. The zero-order valence-corrected chi connectivity index (χ0v) is 11.1. The minimum absolute atomic E-state index is 0.000123. The van der Waals surface area contributed by atoms with Crippen LogP contribution in [0.1, 0.15) is 42.2 Å². The first kappa shape index (κ1) is 13.6. The molecule has 1 N–H and O–H groups in total. The number of aromatic nitrogens is 1. The van der Waals surface area contributed by atoms with Crippen molar-refractivity contribution in [2.75, 3.05) is 13.2 Å². The Morgan fingerprint density at radius 3 is 2.84 bits per heavy atom. The molecule has 0 atom stereocenters. The van der Waals surface area contributed by atoms with Crippen molar-refractivity contribution in [3.63, 3.8) is 0 Å². The van der Waals surface area contributed by atoms with E-state index >= 15 is 0 Å².